The molecule has 0 bridgehead atoms. The van der Waals surface area contributed by atoms with Crippen molar-refractivity contribution in [1.82, 2.24) is 4.57 Å². The number of rotatable bonds is 5. The molecule has 0 saturated heterocycles. The molecule has 1 aromatic heterocycles. The van der Waals surface area contributed by atoms with E-state index in [1.165, 1.54) is 22.8 Å². The van der Waals surface area contributed by atoms with Crippen molar-refractivity contribution in [3.8, 4) is 0 Å². The number of aromatic nitrogens is 1. The number of carbonyl (C=O) groups is 1. The predicted octanol–water partition coefficient (Wildman–Crippen LogP) is 4.01. The third-order valence-corrected chi connectivity index (χ3v) is 6.88. The number of hydrogen-bond acceptors (Lipinski definition) is 7. The van der Waals surface area contributed by atoms with Crippen molar-refractivity contribution < 1.29 is 14.5 Å². The number of non-ortho nitro benzene ring substituents is 1. The molecule has 8 nitrogen and oxygen atoms in total. The first-order valence-electron chi connectivity index (χ1n) is 10.1. The van der Waals surface area contributed by atoms with Crippen molar-refractivity contribution in [3.63, 3.8) is 0 Å². The largest absolute Gasteiger partial charge is 0.463 e. The van der Waals surface area contributed by atoms with Gasteiger partial charge in [0.15, 0.2) is 4.80 Å². The molecule has 34 heavy (non-hydrogen) atoms. The average molecular weight is 518 g/mol. The highest BCUT2D eigenvalue weighted by molar-refractivity contribution is 7.07. The number of nitro groups is 1. The lowest BCUT2D eigenvalue weighted by molar-refractivity contribution is -0.384. The number of esters is 1. The van der Waals surface area contributed by atoms with Crippen molar-refractivity contribution in [2.75, 3.05) is 6.61 Å². The summed E-state index contributed by atoms with van der Waals surface area (Å²) in [5.41, 5.74) is 1.02. The van der Waals surface area contributed by atoms with Crippen LogP contribution in [0.25, 0.3) is 6.08 Å². The van der Waals surface area contributed by atoms with Crippen molar-refractivity contribution in [2.45, 2.75) is 19.9 Å². The van der Waals surface area contributed by atoms with Crippen LogP contribution in [0.1, 0.15) is 31.0 Å². The minimum absolute atomic E-state index is 0.124. The van der Waals surface area contributed by atoms with Crippen LogP contribution in [0.4, 0.5) is 5.69 Å². The first-order chi connectivity index (χ1) is 16.2. The normalized spacial score (nSPS) is 15.6. The highest BCUT2D eigenvalue weighted by Gasteiger charge is 2.34. The third-order valence-electron chi connectivity index (χ3n) is 5.16. The lowest BCUT2D eigenvalue weighted by Crippen LogP contribution is -2.40. The summed E-state index contributed by atoms with van der Waals surface area (Å²) in [6.45, 7) is 3.44. The Morgan fingerprint density at radius 2 is 2.03 bits per heavy atom. The van der Waals surface area contributed by atoms with Crippen LogP contribution in [0.3, 0.4) is 0 Å². The number of halogens is 2. The average Bonchev–Trinajstić information content (AvgIpc) is 3.10. The molecular formula is C23H17Cl2N3O5S. The van der Waals surface area contributed by atoms with Gasteiger partial charge in [0.25, 0.3) is 11.2 Å². The Balaban J connectivity index is 1.97. The van der Waals surface area contributed by atoms with E-state index >= 15 is 0 Å². The number of nitro benzene ring substituents is 1. The fourth-order valence-electron chi connectivity index (χ4n) is 3.67. The van der Waals surface area contributed by atoms with Gasteiger partial charge in [-0.3, -0.25) is 19.5 Å². The fourth-order valence-corrected chi connectivity index (χ4v) is 5.02. The van der Waals surface area contributed by atoms with Gasteiger partial charge in [-0.2, -0.15) is 0 Å². The van der Waals surface area contributed by atoms with Crippen LogP contribution in [0, 0.1) is 10.1 Å². The summed E-state index contributed by atoms with van der Waals surface area (Å²) in [6, 6.07) is 9.88. The Morgan fingerprint density at radius 3 is 2.71 bits per heavy atom. The SMILES string of the molecule is CCOC(=O)C1=C(C)N=c2sc(=Cc3ccc(Cl)c(Cl)c3)c(=O)n2C1c1cccc([N+](=O)[O-])c1. The molecule has 0 radical (unpaired) electrons. The number of thiazole rings is 1. The van der Waals surface area contributed by atoms with Gasteiger partial charge >= 0.3 is 5.97 Å². The molecule has 3 aromatic rings. The van der Waals surface area contributed by atoms with Gasteiger partial charge in [0, 0.05) is 12.1 Å². The maximum absolute atomic E-state index is 13.5. The Bertz CT molecular complexity index is 1540. The van der Waals surface area contributed by atoms with Crippen molar-refractivity contribution >= 4 is 52.3 Å². The number of carbonyl (C=O) groups excluding carboxylic acids is 1. The van der Waals surface area contributed by atoms with Gasteiger partial charge in [-0.25, -0.2) is 9.79 Å². The van der Waals surface area contributed by atoms with Crippen LogP contribution >= 0.6 is 34.5 Å². The standard InChI is InChI=1S/C23H17Cl2N3O5S/c1-3-33-22(30)19-12(2)26-23-27(20(19)14-5-4-6-15(11-14)28(31)32)21(29)18(34-23)10-13-7-8-16(24)17(25)9-13/h4-11,20H,3H2,1-2H3. The molecule has 0 N–H and O–H groups in total. The number of fused-ring (bicyclic) bond motifs is 1. The van der Waals surface area contributed by atoms with Gasteiger partial charge in [-0.05, 0) is 43.2 Å². The summed E-state index contributed by atoms with van der Waals surface area (Å²) < 4.78 is 6.95. The van der Waals surface area contributed by atoms with Gasteiger partial charge in [-0.15, -0.1) is 0 Å². The molecule has 1 unspecified atom stereocenters. The van der Waals surface area contributed by atoms with E-state index in [1.807, 2.05) is 0 Å². The molecule has 1 atom stereocenters. The molecule has 4 rings (SSSR count). The Hall–Kier alpha value is -3.27. The van der Waals surface area contributed by atoms with Gasteiger partial charge in [0.1, 0.15) is 0 Å². The molecule has 2 heterocycles. The number of hydrogen-bond donors (Lipinski definition) is 0. The van der Waals surface area contributed by atoms with E-state index in [0.29, 0.717) is 36.2 Å². The molecule has 0 amide bonds. The number of allylic oxidation sites excluding steroid dienone is 1. The summed E-state index contributed by atoms with van der Waals surface area (Å²) in [7, 11) is 0. The molecule has 11 heteroatoms. The predicted molar refractivity (Wildman–Crippen MR) is 130 cm³/mol. The van der Waals surface area contributed by atoms with E-state index < -0.39 is 22.5 Å². The van der Waals surface area contributed by atoms with E-state index in [-0.39, 0.29) is 17.9 Å². The minimum Gasteiger partial charge on any atom is -0.463 e. The van der Waals surface area contributed by atoms with Crippen LogP contribution in [-0.4, -0.2) is 22.1 Å². The molecular weight excluding hydrogens is 501 g/mol. The summed E-state index contributed by atoms with van der Waals surface area (Å²) >= 11 is 13.2. The second kappa shape index (κ2) is 9.54. The number of benzene rings is 2. The zero-order valence-electron chi connectivity index (χ0n) is 18.0. The Labute approximate surface area is 207 Å². The molecule has 0 spiro atoms. The monoisotopic (exact) mass is 517 g/mol. The Kier molecular flexibility index (Phi) is 6.70. The van der Waals surface area contributed by atoms with Crippen LogP contribution in [0.15, 0.2) is 63.5 Å². The highest BCUT2D eigenvalue weighted by Crippen LogP contribution is 2.32. The first-order valence-corrected chi connectivity index (χ1v) is 11.7. The van der Waals surface area contributed by atoms with E-state index in [4.69, 9.17) is 27.9 Å². The summed E-state index contributed by atoms with van der Waals surface area (Å²) in [4.78, 5) is 42.1. The number of nitrogens with zero attached hydrogens (tertiary/aromatic N) is 3. The highest BCUT2D eigenvalue weighted by atomic mass is 35.5. The van der Waals surface area contributed by atoms with Crippen LogP contribution in [0.2, 0.25) is 10.0 Å². The van der Waals surface area contributed by atoms with Gasteiger partial charge < -0.3 is 4.74 Å². The molecule has 1 aliphatic rings. The molecule has 0 aliphatic carbocycles. The zero-order valence-corrected chi connectivity index (χ0v) is 20.3. The quantitative estimate of drug-likeness (QED) is 0.289. The maximum Gasteiger partial charge on any atom is 0.338 e. The molecule has 0 saturated carbocycles. The third kappa shape index (κ3) is 4.42. The molecule has 1 aliphatic heterocycles. The topological polar surface area (TPSA) is 104 Å². The summed E-state index contributed by atoms with van der Waals surface area (Å²) in [5.74, 6) is -0.640. The van der Waals surface area contributed by atoms with E-state index in [9.17, 15) is 19.7 Å². The van der Waals surface area contributed by atoms with Crippen molar-refractivity contribution in [2.24, 2.45) is 4.99 Å². The zero-order chi connectivity index (χ0) is 24.6. The summed E-state index contributed by atoms with van der Waals surface area (Å²) in [6.07, 6.45) is 1.65. The van der Waals surface area contributed by atoms with E-state index in [0.717, 1.165) is 11.3 Å². The van der Waals surface area contributed by atoms with Crippen LogP contribution < -0.4 is 14.9 Å². The van der Waals surface area contributed by atoms with Crippen LogP contribution in [0.5, 0.6) is 0 Å². The lowest BCUT2D eigenvalue weighted by Gasteiger charge is -2.24. The maximum atomic E-state index is 13.5. The summed E-state index contributed by atoms with van der Waals surface area (Å²) in [5, 5.41) is 12.1. The Morgan fingerprint density at radius 1 is 1.26 bits per heavy atom. The number of ether oxygens (including phenoxy) is 1. The van der Waals surface area contributed by atoms with Gasteiger partial charge in [-0.1, -0.05) is 52.7 Å². The smallest absolute Gasteiger partial charge is 0.338 e. The first kappa shape index (κ1) is 23.9. The van der Waals surface area contributed by atoms with Gasteiger partial charge in [0.05, 0.1) is 43.4 Å². The second-order valence-corrected chi connectivity index (χ2v) is 9.15. The molecule has 2 aromatic carbocycles. The van der Waals surface area contributed by atoms with E-state index in [2.05, 4.69) is 4.99 Å². The fraction of sp³-hybridized carbons (Fsp3) is 0.174. The minimum atomic E-state index is -0.939. The van der Waals surface area contributed by atoms with Crippen LogP contribution in [-0.2, 0) is 9.53 Å². The lowest BCUT2D eigenvalue weighted by atomic mass is 9.95. The van der Waals surface area contributed by atoms with Gasteiger partial charge in [0.2, 0.25) is 0 Å². The molecule has 0 fully saturated rings. The van der Waals surface area contributed by atoms with E-state index in [1.54, 1.807) is 44.2 Å². The van der Waals surface area contributed by atoms with Crippen molar-refractivity contribution in [1.29, 1.82) is 0 Å². The molecule has 174 valence electrons. The van der Waals surface area contributed by atoms with Crippen molar-refractivity contribution in [3.05, 3.63) is 105 Å². The second-order valence-electron chi connectivity index (χ2n) is 7.33.